The lowest BCUT2D eigenvalue weighted by Crippen LogP contribution is -2.46. The molecule has 0 amide bonds. The smallest absolute Gasteiger partial charge is 0.128 e. The average Bonchev–Trinajstić information content (AvgIpc) is 2.49. The molecule has 0 unspecified atom stereocenters. The van der Waals surface area contributed by atoms with Crippen molar-refractivity contribution in [2.24, 2.45) is 0 Å². The van der Waals surface area contributed by atoms with Gasteiger partial charge < -0.3 is 4.90 Å². The van der Waals surface area contributed by atoms with Gasteiger partial charge in [0, 0.05) is 43.4 Å². The predicted octanol–water partition coefficient (Wildman–Crippen LogP) is 3.17. The zero-order valence-corrected chi connectivity index (χ0v) is 13.0. The molecule has 2 aromatic rings. The monoisotopic (exact) mass is 331 g/mol. The van der Waals surface area contributed by atoms with E-state index in [-0.39, 0.29) is 0 Å². The van der Waals surface area contributed by atoms with Crippen molar-refractivity contribution in [1.82, 2.24) is 9.88 Å². The van der Waals surface area contributed by atoms with Gasteiger partial charge in [-0.05, 0) is 29.8 Å². The quantitative estimate of drug-likeness (QED) is 0.861. The normalized spacial score (nSPS) is 16.4. The molecule has 2 heterocycles. The van der Waals surface area contributed by atoms with Crippen LogP contribution in [0.3, 0.4) is 0 Å². The topological polar surface area (TPSA) is 19.4 Å². The maximum absolute atomic E-state index is 4.42. The second kappa shape index (κ2) is 6.37. The van der Waals surface area contributed by atoms with Crippen molar-refractivity contribution < 1.29 is 0 Å². The Balaban J connectivity index is 1.56. The van der Waals surface area contributed by atoms with Gasteiger partial charge in [0.15, 0.2) is 0 Å². The lowest BCUT2D eigenvalue weighted by Gasteiger charge is -2.35. The van der Waals surface area contributed by atoms with Crippen molar-refractivity contribution in [2.75, 3.05) is 31.1 Å². The maximum atomic E-state index is 4.42. The van der Waals surface area contributed by atoms with Crippen LogP contribution in [-0.2, 0) is 6.54 Å². The highest BCUT2D eigenvalue weighted by atomic mass is 79.9. The fourth-order valence-electron chi connectivity index (χ4n) is 2.57. The van der Waals surface area contributed by atoms with E-state index in [0.717, 1.165) is 43.0 Å². The highest BCUT2D eigenvalue weighted by Crippen LogP contribution is 2.16. The van der Waals surface area contributed by atoms with Gasteiger partial charge in [-0.1, -0.05) is 34.1 Å². The molecule has 1 aliphatic heterocycles. The number of hydrogen-bond donors (Lipinski definition) is 0. The highest BCUT2D eigenvalue weighted by molar-refractivity contribution is 9.10. The second-order valence-electron chi connectivity index (χ2n) is 5.08. The van der Waals surface area contributed by atoms with Gasteiger partial charge >= 0.3 is 0 Å². The molecule has 1 aliphatic rings. The summed E-state index contributed by atoms with van der Waals surface area (Å²) in [6.07, 6.45) is 1.86. The van der Waals surface area contributed by atoms with E-state index >= 15 is 0 Å². The zero-order chi connectivity index (χ0) is 13.8. The van der Waals surface area contributed by atoms with E-state index in [2.05, 4.69) is 67.1 Å². The van der Waals surface area contributed by atoms with Gasteiger partial charge in [0.2, 0.25) is 0 Å². The molecule has 4 heteroatoms. The Bertz CT molecular complexity index is 551. The zero-order valence-electron chi connectivity index (χ0n) is 11.4. The van der Waals surface area contributed by atoms with Crippen LogP contribution in [0.1, 0.15) is 5.56 Å². The average molecular weight is 332 g/mol. The summed E-state index contributed by atoms with van der Waals surface area (Å²) < 4.78 is 1.15. The molecule has 0 radical (unpaired) electrons. The summed E-state index contributed by atoms with van der Waals surface area (Å²) >= 11 is 3.53. The van der Waals surface area contributed by atoms with Crippen LogP contribution in [0.5, 0.6) is 0 Å². The molecule has 1 fully saturated rings. The number of nitrogens with zero attached hydrogens (tertiary/aromatic N) is 3. The molecule has 0 N–H and O–H groups in total. The molecular weight excluding hydrogens is 314 g/mol. The lowest BCUT2D eigenvalue weighted by atomic mass is 10.2. The van der Waals surface area contributed by atoms with Gasteiger partial charge in [-0.15, -0.1) is 0 Å². The van der Waals surface area contributed by atoms with Gasteiger partial charge in [-0.2, -0.15) is 0 Å². The third-order valence-electron chi connectivity index (χ3n) is 3.64. The Morgan fingerprint density at radius 2 is 1.85 bits per heavy atom. The largest absolute Gasteiger partial charge is 0.354 e. The predicted molar refractivity (Wildman–Crippen MR) is 85.9 cm³/mol. The minimum atomic E-state index is 1.02. The van der Waals surface area contributed by atoms with E-state index in [9.17, 15) is 0 Å². The molecule has 0 aliphatic carbocycles. The molecule has 1 aromatic carbocycles. The molecule has 20 heavy (non-hydrogen) atoms. The highest BCUT2D eigenvalue weighted by Gasteiger charge is 2.17. The van der Waals surface area contributed by atoms with Crippen LogP contribution >= 0.6 is 15.9 Å². The van der Waals surface area contributed by atoms with Gasteiger partial charge in [-0.3, -0.25) is 4.90 Å². The third-order valence-corrected chi connectivity index (χ3v) is 4.13. The van der Waals surface area contributed by atoms with Crippen molar-refractivity contribution in [2.45, 2.75) is 6.54 Å². The van der Waals surface area contributed by atoms with Gasteiger partial charge in [0.25, 0.3) is 0 Å². The summed E-state index contributed by atoms with van der Waals surface area (Å²) in [5.74, 6) is 1.09. The fourth-order valence-corrected chi connectivity index (χ4v) is 3.02. The third kappa shape index (κ3) is 3.38. The molecule has 104 valence electrons. The number of hydrogen-bond acceptors (Lipinski definition) is 3. The first-order valence-electron chi connectivity index (χ1n) is 6.94. The van der Waals surface area contributed by atoms with Crippen LogP contribution in [-0.4, -0.2) is 36.1 Å². The minimum Gasteiger partial charge on any atom is -0.354 e. The lowest BCUT2D eigenvalue weighted by molar-refractivity contribution is 0.249. The number of anilines is 1. The summed E-state index contributed by atoms with van der Waals surface area (Å²) in [4.78, 5) is 9.28. The number of pyridine rings is 1. The molecule has 0 saturated carbocycles. The van der Waals surface area contributed by atoms with Crippen LogP contribution in [0.15, 0.2) is 53.1 Å². The molecule has 3 rings (SSSR count). The summed E-state index contributed by atoms with van der Waals surface area (Å²) in [6, 6.07) is 14.7. The van der Waals surface area contributed by atoms with Crippen molar-refractivity contribution in [3.63, 3.8) is 0 Å². The Kier molecular flexibility index (Phi) is 4.33. The minimum absolute atomic E-state index is 1.02. The van der Waals surface area contributed by atoms with Crippen LogP contribution in [0.4, 0.5) is 5.82 Å². The van der Waals surface area contributed by atoms with E-state index in [1.54, 1.807) is 0 Å². The van der Waals surface area contributed by atoms with Crippen LogP contribution < -0.4 is 4.90 Å². The van der Waals surface area contributed by atoms with Crippen molar-refractivity contribution in [3.05, 3.63) is 58.7 Å². The Hall–Kier alpha value is -1.39. The second-order valence-corrected chi connectivity index (χ2v) is 6.00. The van der Waals surface area contributed by atoms with E-state index in [0.29, 0.717) is 0 Å². The summed E-state index contributed by atoms with van der Waals surface area (Å²) in [5.41, 5.74) is 1.37. The summed E-state index contributed by atoms with van der Waals surface area (Å²) in [6.45, 7) is 5.29. The van der Waals surface area contributed by atoms with Gasteiger partial charge in [-0.25, -0.2) is 4.98 Å². The van der Waals surface area contributed by atoms with E-state index < -0.39 is 0 Å². The molecule has 1 saturated heterocycles. The Morgan fingerprint density at radius 3 is 2.55 bits per heavy atom. The van der Waals surface area contributed by atoms with E-state index in [1.165, 1.54) is 5.56 Å². The van der Waals surface area contributed by atoms with Gasteiger partial charge in [0.05, 0.1) is 0 Å². The summed E-state index contributed by atoms with van der Waals surface area (Å²) in [7, 11) is 0. The van der Waals surface area contributed by atoms with Crippen LogP contribution in [0, 0.1) is 0 Å². The van der Waals surface area contributed by atoms with Crippen molar-refractivity contribution in [1.29, 1.82) is 0 Å². The van der Waals surface area contributed by atoms with Crippen LogP contribution in [0.2, 0.25) is 0 Å². The molecule has 0 bridgehead atoms. The first-order chi connectivity index (χ1) is 9.81. The van der Waals surface area contributed by atoms with E-state index in [1.807, 2.05) is 12.3 Å². The molecule has 0 spiro atoms. The van der Waals surface area contributed by atoms with Gasteiger partial charge in [0.1, 0.15) is 5.82 Å². The number of benzene rings is 1. The Morgan fingerprint density at radius 1 is 1.00 bits per heavy atom. The van der Waals surface area contributed by atoms with Crippen molar-refractivity contribution in [3.8, 4) is 0 Å². The maximum Gasteiger partial charge on any atom is 0.128 e. The molecule has 3 nitrogen and oxygen atoms in total. The number of halogens is 1. The number of piperazine rings is 1. The van der Waals surface area contributed by atoms with Crippen LogP contribution in [0.25, 0.3) is 0 Å². The first-order valence-corrected chi connectivity index (χ1v) is 7.73. The fraction of sp³-hybridized carbons (Fsp3) is 0.312. The van der Waals surface area contributed by atoms with E-state index in [4.69, 9.17) is 0 Å². The molecular formula is C16H18BrN3. The van der Waals surface area contributed by atoms with Crippen molar-refractivity contribution >= 4 is 21.7 Å². The SMILES string of the molecule is Brc1cccc(CN2CCN(c3ccccn3)CC2)c1. The standard InChI is InChI=1S/C16H18BrN3/c17-15-5-3-4-14(12-15)13-19-8-10-20(11-9-19)16-6-1-2-7-18-16/h1-7,12H,8-11,13H2. The molecule has 0 atom stereocenters. The molecule has 1 aromatic heterocycles. The number of aromatic nitrogens is 1. The number of rotatable bonds is 3. The summed E-state index contributed by atoms with van der Waals surface area (Å²) in [5, 5.41) is 0. The first kappa shape index (κ1) is 13.6. The Labute approximate surface area is 128 Å².